The summed E-state index contributed by atoms with van der Waals surface area (Å²) in [5.74, 6) is 0.0199. The molecule has 5 heteroatoms. The minimum Gasteiger partial charge on any atom is -0.344 e. The van der Waals surface area contributed by atoms with Crippen LogP contribution in [0.4, 0.5) is 0 Å². The number of amides is 1. The van der Waals surface area contributed by atoms with Gasteiger partial charge in [0.25, 0.3) is 0 Å². The minimum atomic E-state index is -0.556. The number of rotatable bonds is 3. The van der Waals surface area contributed by atoms with Crippen molar-refractivity contribution in [3.63, 3.8) is 0 Å². The second-order valence-electron chi connectivity index (χ2n) is 5.17. The van der Waals surface area contributed by atoms with Crippen LogP contribution in [0.5, 0.6) is 0 Å². The third-order valence-corrected chi connectivity index (χ3v) is 3.61. The maximum atomic E-state index is 12.0. The summed E-state index contributed by atoms with van der Waals surface area (Å²) in [6, 6.07) is 9.99. The van der Waals surface area contributed by atoms with Crippen LogP contribution in [-0.4, -0.2) is 33.5 Å². The summed E-state index contributed by atoms with van der Waals surface area (Å²) in [7, 11) is 0. The molecule has 1 amide bonds. The van der Waals surface area contributed by atoms with Crippen LogP contribution in [0, 0.1) is 0 Å². The molecule has 0 unspecified atom stereocenters. The first-order valence-corrected chi connectivity index (χ1v) is 6.61. The molecule has 0 spiro atoms. The number of carbonyl (C=O) groups is 1. The van der Waals surface area contributed by atoms with E-state index < -0.39 is 5.72 Å². The molecule has 1 aliphatic rings. The normalized spacial score (nSPS) is 23.1. The number of ether oxygens (including phenoxy) is 1. The van der Waals surface area contributed by atoms with Crippen molar-refractivity contribution < 1.29 is 9.53 Å². The molecule has 1 aromatic carbocycles. The first-order valence-electron chi connectivity index (χ1n) is 6.61. The van der Waals surface area contributed by atoms with Crippen molar-refractivity contribution in [1.29, 1.82) is 0 Å². The van der Waals surface area contributed by atoms with Gasteiger partial charge in [-0.25, -0.2) is 4.98 Å². The van der Waals surface area contributed by atoms with Gasteiger partial charge in [0.15, 0.2) is 5.72 Å². The van der Waals surface area contributed by atoms with Crippen molar-refractivity contribution >= 4 is 5.91 Å². The van der Waals surface area contributed by atoms with Gasteiger partial charge in [-0.15, -0.1) is 0 Å². The Morgan fingerprint density at radius 1 is 1.35 bits per heavy atom. The lowest BCUT2D eigenvalue weighted by molar-refractivity contribution is -0.179. The average Bonchev–Trinajstić information content (AvgIpc) is 2.99. The fraction of sp³-hybridized carbons (Fsp3) is 0.333. The molecule has 0 radical (unpaired) electrons. The van der Waals surface area contributed by atoms with Gasteiger partial charge in [0.2, 0.25) is 5.91 Å². The quantitative estimate of drug-likeness (QED) is 0.852. The van der Waals surface area contributed by atoms with Gasteiger partial charge in [0.1, 0.15) is 6.61 Å². The van der Waals surface area contributed by atoms with Crippen molar-refractivity contribution in [2.45, 2.75) is 19.2 Å². The molecular weight excluding hydrogens is 254 g/mol. The van der Waals surface area contributed by atoms with Gasteiger partial charge in [-0.05, 0) is 12.5 Å². The highest BCUT2D eigenvalue weighted by atomic mass is 16.5. The van der Waals surface area contributed by atoms with E-state index in [-0.39, 0.29) is 12.5 Å². The predicted molar refractivity (Wildman–Crippen MR) is 73.7 cm³/mol. The number of hydrogen-bond donors (Lipinski definition) is 0. The van der Waals surface area contributed by atoms with Crippen LogP contribution in [0.3, 0.4) is 0 Å². The van der Waals surface area contributed by atoms with Crippen LogP contribution < -0.4 is 0 Å². The second-order valence-corrected chi connectivity index (χ2v) is 5.17. The lowest BCUT2D eigenvalue weighted by atomic mass is 10.1. The monoisotopic (exact) mass is 271 g/mol. The Balaban J connectivity index is 1.79. The second kappa shape index (κ2) is 5.09. The zero-order valence-electron chi connectivity index (χ0n) is 11.4. The van der Waals surface area contributed by atoms with Crippen molar-refractivity contribution in [1.82, 2.24) is 14.5 Å². The fourth-order valence-electron chi connectivity index (χ4n) is 2.44. The van der Waals surface area contributed by atoms with E-state index in [4.69, 9.17) is 4.74 Å². The highest BCUT2D eigenvalue weighted by Crippen LogP contribution is 2.24. The lowest BCUT2D eigenvalue weighted by Gasteiger charge is -2.40. The minimum absolute atomic E-state index is 0.0199. The van der Waals surface area contributed by atoms with Crippen LogP contribution in [-0.2, 0) is 21.8 Å². The van der Waals surface area contributed by atoms with E-state index >= 15 is 0 Å². The van der Waals surface area contributed by atoms with E-state index in [9.17, 15) is 4.79 Å². The van der Waals surface area contributed by atoms with Crippen molar-refractivity contribution in [3.05, 3.63) is 54.6 Å². The summed E-state index contributed by atoms with van der Waals surface area (Å²) >= 11 is 0. The molecule has 2 aromatic rings. The van der Waals surface area contributed by atoms with Crippen molar-refractivity contribution in [3.8, 4) is 0 Å². The number of hydrogen-bond acceptors (Lipinski definition) is 3. The summed E-state index contributed by atoms with van der Waals surface area (Å²) in [6.45, 7) is 3.19. The number of carbonyl (C=O) groups excluding carboxylic acids is 1. The number of morpholine rings is 1. The molecule has 0 N–H and O–H groups in total. The highest BCUT2D eigenvalue weighted by Gasteiger charge is 2.37. The number of aromatic nitrogens is 2. The van der Waals surface area contributed by atoms with E-state index in [1.165, 1.54) is 0 Å². The Hall–Kier alpha value is -2.14. The van der Waals surface area contributed by atoms with Crippen LogP contribution >= 0.6 is 0 Å². The lowest BCUT2D eigenvalue weighted by Crippen LogP contribution is -2.53. The van der Waals surface area contributed by atoms with Gasteiger partial charge in [-0.1, -0.05) is 30.3 Å². The van der Waals surface area contributed by atoms with Crippen LogP contribution in [0.2, 0.25) is 0 Å². The van der Waals surface area contributed by atoms with E-state index in [1.807, 2.05) is 52.9 Å². The van der Waals surface area contributed by atoms with E-state index in [0.717, 1.165) is 5.56 Å². The summed E-state index contributed by atoms with van der Waals surface area (Å²) in [5.41, 5.74) is 0.565. The maximum Gasteiger partial charge on any atom is 0.249 e. The summed E-state index contributed by atoms with van der Waals surface area (Å²) in [5, 5.41) is 0. The van der Waals surface area contributed by atoms with Gasteiger partial charge in [-0.2, -0.15) is 0 Å². The van der Waals surface area contributed by atoms with Crippen molar-refractivity contribution in [2.24, 2.45) is 0 Å². The van der Waals surface area contributed by atoms with E-state index in [0.29, 0.717) is 13.1 Å². The molecule has 1 saturated heterocycles. The average molecular weight is 271 g/mol. The number of benzene rings is 1. The molecule has 1 aromatic heterocycles. The number of imidazole rings is 1. The van der Waals surface area contributed by atoms with Gasteiger partial charge >= 0.3 is 0 Å². The Bertz CT molecular complexity index is 582. The molecule has 2 heterocycles. The van der Waals surface area contributed by atoms with Crippen LogP contribution in [0.1, 0.15) is 12.5 Å². The zero-order chi connectivity index (χ0) is 14.0. The first kappa shape index (κ1) is 12.9. The van der Waals surface area contributed by atoms with Crippen LogP contribution in [0.15, 0.2) is 49.1 Å². The van der Waals surface area contributed by atoms with Gasteiger partial charge in [0, 0.05) is 18.9 Å². The topological polar surface area (TPSA) is 47.4 Å². The predicted octanol–water partition coefficient (Wildman–Crippen LogP) is 1.61. The molecule has 3 rings (SSSR count). The Kier molecular flexibility index (Phi) is 3.28. The highest BCUT2D eigenvalue weighted by molar-refractivity contribution is 5.78. The van der Waals surface area contributed by atoms with Gasteiger partial charge in [-0.3, -0.25) is 4.79 Å². The molecule has 0 saturated carbocycles. The number of nitrogens with zero attached hydrogens (tertiary/aromatic N) is 3. The van der Waals surface area contributed by atoms with Crippen molar-refractivity contribution in [2.75, 3.05) is 13.2 Å². The molecule has 0 bridgehead atoms. The van der Waals surface area contributed by atoms with E-state index in [1.54, 1.807) is 12.5 Å². The third kappa shape index (κ3) is 2.44. The molecule has 20 heavy (non-hydrogen) atoms. The fourth-order valence-corrected chi connectivity index (χ4v) is 2.44. The SMILES string of the molecule is C[C@@]1(n2ccnc2)CN(Cc2ccccc2)C(=O)CO1. The summed E-state index contributed by atoms with van der Waals surface area (Å²) in [4.78, 5) is 17.9. The molecule has 0 aliphatic carbocycles. The molecular formula is C15H17N3O2. The van der Waals surface area contributed by atoms with Gasteiger partial charge < -0.3 is 14.2 Å². The largest absolute Gasteiger partial charge is 0.344 e. The molecule has 1 aliphatic heterocycles. The molecule has 5 nitrogen and oxygen atoms in total. The standard InChI is InChI=1S/C15H17N3O2/c1-15(18-8-7-16-12-18)11-17(14(19)10-20-15)9-13-5-3-2-4-6-13/h2-8,12H,9-11H2,1H3/t15-/m0/s1. The maximum absolute atomic E-state index is 12.0. The Labute approximate surface area is 117 Å². The van der Waals surface area contributed by atoms with Gasteiger partial charge in [0.05, 0.1) is 12.9 Å². The first-order chi connectivity index (χ1) is 9.67. The third-order valence-electron chi connectivity index (χ3n) is 3.61. The Morgan fingerprint density at radius 3 is 2.85 bits per heavy atom. The zero-order valence-corrected chi connectivity index (χ0v) is 11.4. The molecule has 1 atom stereocenters. The van der Waals surface area contributed by atoms with Crippen LogP contribution in [0.25, 0.3) is 0 Å². The Morgan fingerprint density at radius 2 is 2.15 bits per heavy atom. The molecule has 104 valence electrons. The summed E-state index contributed by atoms with van der Waals surface area (Å²) in [6.07, 6.45) is 5.29. The smallest absolute Gasteiger partial charge is 0.249 e. The van der Waals surface area contributed by atoms with E-state index in [2.05, 4.69) is 4.98 Å². The summed E-state index contributed by atoms with van der Waals surface area (Å²) < 4.78 is 7.62. The molecule has 1 fully saturated rings.